The second-order valence-electron chi connectivity index (χ2n) is 10.2. The summed E-state index contributed by atoms with van der Waals surface area (Å²) in [5.41, 5.74) is 0.310. The summed E-state index contributed by atoms with van der Waals surface area (Å²) in [5, 5.41) is 1.81. The number of rotatable bonds is 5. The summed E-state index contributed by atoms with van der Waals surface area (Å²) in [5.74, 6) is -8.72. The molecule has 0 aromatic heterocycles. The van der Waals surface area contributed by atoms with Gasteiger partial charge in [0.1, 0.15) is 19.3 Å². The molecule has 1 aromatic carbocycles. The predicted octanol–water partition coefficient (Wildman–Crippen LogP) is 8.23. The summed E-state index contributed by atoms with van der Waals surface area (Å²) in [7, 11) is -2.13. The van der Waals surface area contributed by atoms with E-state index in [1.165, 1.54) is 0 Å². The van der Waals surface area contributed by atoms with Gasteiger partial charge in [-0.05, 0) is 29.5 Å². The quantitative estimate of drug-likeness (QED) is 0.179. The minimum Gasteiger partial charge on any atom is -0.321 e. The van der Waals surface area contributed by atoms with Crippen molar-refractivity contribution in [1.82, 2.24) is 0 Å². The molecular formula is C25H32F7NOSi. The van der Waals surface area contributed by atoms with Gasteiger partial charge in [0.05, 0.1) is 5.92 Å². The van der Waals surface area contributed by atoms with Gasteiger partial charge in [-0.25, -0.2) is 17.6 Å². The van der Waals surface area contributed by atoms with Crippen LogP contribution in [0.5, 0.6) is 0 Å². The molecule has 10 heteroatoms. The Morgan fingerprint density at radius 2 is 1.31 bits per heavy atom. The molecule has 2 nitrogen and oxygen atoms in total. The third-order valence-corrected chi connectivity index (χ3v) is 13.5. The van der Waals surface area contributed by atoms with E-state index in [4.69, 9.17) is 0 Å². The Labute approximate surface area is 203 Å². The lowest BCUT2D eigenvalue weighted by molar-refractivity contribution is -0.143. The zero-order valence-electron chi connectivity index (χ0n) is 20.8. The van der Waals surface area contributed by atoms with Crippen molar-refractivity contribution in [3.05, 3.63) is 28.8 Å². The lowest BCUT2D eigenvalue weighted by Crippen LogP contribution is -2.43. The van der Waals surface area contributed by atoms with Crippen molar-refractivity contribution >= 4 is 19.7 Å². The van der Waals surface area contributed by atoms with Crippen molar-refractivity contribution < 1.29 is 35.5 Å². The van der Waals surface area contributed by atoms with Crippen LogP contribution in [0.4, 0.5) is 36.4 Å². The Kier molecular flexibility index (Phi) is 9.12. The van der Waals surface area contributed by atoms with Crippen LogP contribution in [0.15, 0.2) is 0 Å². The van der Waals surface area contributed by atoms with Gasteiger partial charge < -0.3 is 5.32 Å². The van der Waals surface area contributed by atoms with Crippen LogP contribution in [0.3, 0.4) is 0 Å². The molecule has 0 spiro atoms. The van der Waals surface area contributed by atoms with Crippen molar-refractivity contribution in [2.24, 2.45) is 11.8 Å². The zero-order chi connectivity index (χ0) is 26.9. The van der Waals surface area contributed by atoms with Gasteiger partial charge in [-0.3, -0.25) is 4.79 Å². The topological polar surface area (TPSA) is 29.1 Å². The molecule has 1 amide bonds. The highest BCUT2D eigenvalue weighted by atomic mass is 28.3. The molecule has 0 bridgehead atoms. The van der Waals surface area contributed by atoms with E-state index < -0.39 is 66.5 Å². The maximum absolute atomic E-state index is 14.3. The van der Waals surface area contributed by atoms with Crippen molar-refractivity contribution in [2.75, 3.05) is 5.32 Å². The minimum atomic E-state index is -5.65. The number of carbonyl (C=O) groups excluding carboxylic acids is 1. The average molecular weight is 524 g/mol. The molecule has 1 N–H and O–H groups in total. The first-order valence-electron chi connectivity index (χ1n) is 11.8. The summed E-state index contributed by atoms with van der Waals surface area (Å²) >= 11 is 0. The van der Waals surface area contributed by atoms with E-state index in [0.717, 1.165) is 6.42 Å². The number of amides is 1. The van der Waals surface area contributed by atoms with E-state index in [1.54, 1.807) is 0 Å². The summed E-state index contributed by atoms with van der Waals surface area (Å²) in [6.45, 7) is 12.8. The number of hydrogen-bond donors (Lipinski definition) is 1. The largest absolute Gasteiger partial charge is 0.422 e. The minimum absolute atomic E-state index is 0.333. The smallest absolute Gasteiger partial charge is 0.321 e. The number of benzene rings is 1. The van der Waals surface area contributed by atoms with Gasteiger partial charge in [-0.2, -0.15) is 13.2 Å². The van der Waals surface area contributed by atoms with E-state index in [-0.39, 0.29) is 0 Å². The van der Waals surface area contributed by atoms with E-state index >= 15 is 0 Å². The van der Waals surface area contributed by atoms with Crippen LogP contribution in [-0.2, 0) is 11.0 Å². The summed E-state index contributed by atoms with van der Waals surface area (Å²) in [6, 6.07) is 0. The molecule has 196 valence electrons. The highest BCUT2D eigenvalue weighted by Gasteiger charge is 2.44. The first-order valence-corrected chi connectivity index (χ1v) is 14.1. The Morgan fingerprint density at radius 1 is 0.857 bits per heavy atom. The molecule has 0 saturated heterocycles. The molecule has 0 radical (unpaired) electrons. The number of alkyl halides is 3. The van der Waals surface area contributed by atoms with Crippen molar-refractivity contribution in [2.45, 2.75) is 90.0 Å². The van der Waals surface area contributed by atoms with Crippen LogP contribution in [0.1, 0.15) is 72.8 Å². The average Bonchev–Trinajstić information content (AvgIpc) is 2.74. The third-order valence-electron chi connectivity index (χ3n) is 7.24. The lowest BCUT2D eigenvalue weighted by atomic mass is 9.79. The van der Waals surface area contributed by atoms with Gasteiger partial charge in [-0.15, -0.1) is 11.5 Å². The SMILES string of the molecule is CC(C)[Si](C#C[C@@H]1CCCC[C@@H]1C(=O)Nc1c(F)c(F)c(C(F)(F)F)c(F)c1F)(C(C)C)C(C)C. The van der Waals surface area contributed by atoms with Gasteiger partial charge in [0.2, 0.25) is 5.91 Å². The Balaban J connectivity index is 2.44. The third kappa shape index (κ3) is 5.70. The fourth-order valence-electron chi connectivity index (χ4n) is 5.47. The second kappa shape index (κ2) is 10.9. The van der Waals surface area contributed by atoms with E-state index in [1.807, 2.05) is 5.32 Å². The molecule has 0 heterocycles. The highest BCUT2D eigenvalue weighted by Crippen LogP contribution is 2.42. The van der Waals surface area contributed by atoms with Crippen LogP contribution in [-0.4, -0.2) is 14.0 Å². The molecule has 1 aliphatic carbocycles. The van der Waals surface area contributed by atoms with Crippen molar-refractivity contribution in [3.63, 3.8) is 0 Å². The maximum atomic E-state index is 14.3. The molecule has 2 rings (SSSR count). The molecule has 1 fully saturated rings. The van der Waals surface area contributed by atoms with Crippen LogP contribution in [0.2, 0.25) is 16.6 Å². The number of halogens is 7. The summed E-state index contributed by atoms with van der Waals surface area (Å²) in [4.78, 5) is 12.9. The zero-order valence-corrected chi connectivity index (χ0v) is 21.8. The fourth-order valence-corrected chi connectivity index (χ4v) is 10.8. The Bertz CT molecular complexity index is 957. The molecule has 1 aliphatic rings. The van der Waals surface area contributed by atoms with Gasteiger partial charge in [-0.1, -0.05) is 54.4 Å². The van der Waals surface area contributed by atoms with Crippen LogP contribution in [0, 0.1) is 46.6 Å². The van der Waals surface area contributed by atoms with Crippen LogP contribution in [0.25, 0.3) is 0 Å². The normalized spacial score (nSPS) is 19.2. The molecule has 1 saturated carbocycles. The summed E-state index contributed by atoms with van der Waals surface area (Å²) in [6.07, 6.45) is -3.33. The first-order chi connectivity index (χ1) is 16.1. The Morgan fingerprint density at radius 3 is 1.74 bits per heavy atom. The van der Waals surface area contributed by atoms with Crippen LogP contribution < -0.4 is 5.32 Å². The molecule has 35 heavy (non-hydrogen) atoms. The van der Waals surface area contributed by atoms with Gasteiger partial charge in [0.15, 0.2) is 23.3 Å². The first kappa shape index (κ1) is 29.2. The number of anilines is 1. The molecule has 0 aliphatic heterocycles. The van der Waals surface area contributed by atoms with Gasteiger partial charge in [0.25, 0.3) is 0 Å². The highest BCUT2D eigenvalue weighted by molar-refractivity contribution is 6.90. The van der Waals surface area contributed by atoms with E-state index in [2.05, 4.69) is 53.0 Å². The Hall–Kier alpha value is -2.02. The molecule has 2 atom stereocenters. The number of hydrogen-bond acceptors (Lipinski definition) is 1. The number of carbonyl (C=O) groups is 1. The van der Waals surface area contributed by atoms with Crippen LogP contribution >= 0.6 is 0 Å². The van der Waals surface area contributed by atoms with E-state index in [0.29, 0.717) is 35.9 Å². The summed E-state index contributed by atoms with van der Waals surface area (Å²) < 4.78 is 95.1. The molecule has 0 unspecified atom stereocenters. The molecule has 1 aromatic rings. The standard InChI is InChI=1S/C25H32F7NOSi/c1-13(2)35(14(3)4,15(5)6)12-11-16-9-7-8-10-17(16)24(34)33-23-21(28)19(26)18(25(30,31)32)20(27)22(23)29/h13-17H,7-10H2,1-6H3,(H,33,34)/t16-,17-/m0/s1. The predicted molar refractivity (Wildman–Crippen MR) is 124 cm³/mol. The van der Waals surface area contributed by atoms with Gasteiger partial charge >= 0.3 is 6.18 Å². The van der Waals surface area contributed by atoms with Crippen molar-refractivity contribution in [1.29, 1.82) is 0 Å². The number of nitrogens with one attached hydrogen (secondary N) is 1. The van der Waals surface area contributed by atoms with Crippen molar-refractivity contribution in [3.8, 4) is 11.5 Å². The van der Waals surface area contributed by atoms with E-state index in [9.17, 15) is 35.5 Å². The lowest BCUT2D eigenvalue weighted by Gasteiger charge is -2.38. The maximum Gasteiger partial charge on any atom is 0.422 e. The molecular weight excluding hydrogens is 491 g/mol. The fraction of sp³-hybridized carbons (Fsp3) is 0.640. The second-order valence-corrected chi connectivity index (χ2v) is 15.7. The monoisotopic (exact) mass is 523 g/mol. The van der Waals surface area contributed by atoms with Gasteiger partial charge in [0, 0.05) is 5.92 Å².